The summed E-state index contributed by atoms with van der Waals surface area (Å²) >= 11 is 0. The number of amides is 1. The molecule has 1 atom stereocenters. The minimum atomic E-state index is -1.12. The van der Waals surface area contributed by atoms with Crippen LogP contribution in [0.25, 0.3) is 10.9 Å². The second-order valence-corrected chi connectivity index (χ2v) is 5.28. The first-order valence-corrected chi connectivity index (χ1v) is 7.18. The second kappa shape index (κ2) is 5.64. The fourth-order valence-electron chi connectivity index (χ4n) is 2.76. The van der Waals surface area contributed by atoms with Gasteiger partial charge in [-0.1, -0.05) is 19.1 Å². The van der Waals surface area contributed by atoms with E-state index < -0.39 is 11.9 Å². The number of furan rings is 1. The molecular formula is C17H16N2O4. The quantitative estimate of drug-likeness (QED) is 0.690. The summed E-state index contributed by atoms with van der Waals surface area (Å²) in [4.78, 5) is 26.4. The van der Waals surface area contributed by atoms with Crippen molar-refractivity contribution in [3.63, 3.8) is 0 Å². The summed E-state index contributed by atoms with van der Waals surface area (Å²) in [5, 5.41) is 12.8. The molecule has 0 aliphatic rings. The lowest BCUT2D eigenvalue weighted by Gasteiger charge is -2.12. The van der Waals surface area contributed by atoms with Crippen LogP contribution in [-0.2, 0) is 0 Å². The number of hydrogen-bond acceptors (Lipinski definition) is 3. The number of carboxylic acids is 1. The van der Waals surface area contributed by atoms with Gasteiger partial charge in [0, 0.05) is 36.1 Å². The Balaban J connectivity index is 2.13. The molecule has 1 unspecified atom stereocenters. The van der Waals surface area contributed by atoms with Gasteiger partial charge in [-0.3, -0.25) is 4.79 Å². The molecule has 0 saturated carbocycles. The van der Waals surface area contributed by atoms with E-state index in [0.717, 1.165) is 16.5 Å². The average Bonchev–Trinajstić information content (AvgIpc) is 3.19. The molecule has 3 rings (SSSR count). The zero-order valence-electron chi connectivity index (χ0n) is 12.7. The Bertz CT molecular complexity index is 891. The van der Waals surface area contributed by atoms with Gasteiger partial charge in [0.05, 0.1) is 0 Å². The number of rotatable bonds is 4. The summed E-state index contributed by atoms with van der Waals surface area (Å²) in [5.74, 6) is -1.62. The third-order valence-electron chi connectivity index (χ3n) is 3.93. The predicted molar refractivity (Wildman–Crippen MR) is 84.9 cm³/mol. The van der Waals surface area contributed by atoms with Gasteiger partial charge in [0.2, 0.25) is 0 Å². The van der Waals surface area contributed by atoms with Crippen molar-refractivity contribution in [1.82, 2.24) is 10.3 Å². The highest BCUT2D eigenvalue weighted by Crippen LogP contribution is 2.33. The van der Waals surface area contributed by atoms with Crippen LogP contribution < -0.4 is 5.32 Å². The SMILES string of the molecule is CNC(=O)c1cc(C(=O)O)c(C(C)c2cccc3[nH]ccc23)o1. The molecule has 0 radical (unpaired) electrons. The number of aromatic nitrogens is 1. The van der Waals surface area contributed by atoms with E-state index in [1.54, 1.807) is 0 Å². The zero-order chi connectivity index (χ0) is 16.6. The maximum atomic E-state index is 11.7. The van der Waals surface area contributed by atoms with E-state index in [1.165, 1.54) is 13.1 Å². The molecule has 6 nitrogen and oxygen atoms in total. The minimum absolute atomic E-state index is 0.00337. The highest BCUT2D eigenvalue weighted by Gasteiger charge is 2.26. The summed E-state index contributed by atoms with van der Waals surface area (Å²) < 4.78 is 5.57. The van der Waals surface area contributed by atoms with Gasteiger partial charge < -0.3 is 19.8 Å². The van der Waals surface area contributed by atoms with E-state index in [0.29, 0.717) is 0 Å². The number of aromatic carboxylic acids is 1. The van der Waals surface area contributed by atoms with Gasteiger partial charge >= 0.3 is 5.97 Å². The Hall–Kier alpha value is -3.02. The normalized spacial score (nSPS) is 12.3. The van der Waals surface area contributed by atoms with Gasteiger partial charge in [0.1, 0.15) is 11.3 Å². The van der Waals surface area contributed by atoms with Crippen molar-refractivity contribution in [2.24, 2.45) is 0 Å². The van der Waals surface area contributed by atoms with E-state index in [2.05, 4.69) is 10.3 Å². The molecule has 0 fully saturated rings. The number of nitrogens with one attached hydrogen (secondary N) is 2. The topological polar surface area (TPSA) is 95.3 Å². The molecule has 118 valence electrons. The first-order valence-electron chi connectivity index (χ1n) is 7.18. The first-order chi connectivity index (χ1) is 11.0. The van der Waals surface area contributed by atoms with Crippen LogP contribution in [0.5, 0.6) is 0 Å². The van der Waals surface area contributed by atoms with E-state index in [9.17, 15) is 14.7 Å². The third-order valence-corrected chi connectivity index (χ3v) is 3.93. The van der Waals surface area contributed by atoms with Crippen molar-refractivity contribution in [3.8, 4) is 0 Å². The molecule has 0 aliphatic heterocycles. The molecule has 0 aliphatic carbocycles. The standard InChI is InChI=1S/C17H16N2O4/c1-9(10-4-3-5-13-11(10)6-7-19-13)15-12(17(21)22)8-14(23-15)16(20)18-2/h3-9,19H,1-2H3,(H,18,20)(H,21,22). The lowest BCUT2D eigenvalue weighted by Crippen LogP contribution is -2.16. The third kappa shape index (κ3) is 2.48. The molecule has 0 bridgehead atoms. The maximum absolute atomic E-state index is 11.7. The summed E-state index contributed by atoms with van der Waals surface area (Å²) in [5.41, 5.74) is 1.90. The van der Waals surface area contributed by atoms with Crippen molar-refractivity contribution < 1.29 is 19.1 Å². The average molecular weight is 312 g/mol. The van der Waals surface area contributed by atoms with Crippen LogP contribution in [0.3, 0.4) is 0 Å². The fraction of sp³-hybridized carbons (Fsp3) is 0.176. The molecule has 2 aromatic heterocycles. The number of aromatic amines is 1. The smallest absolute Gasteiger partial charge is 0.339 e. The first kappa shape index (κ1) is 14.9. The number of H-pyrrole nitrogens is 1. The van der Waals surface area contributed by atoms with Crippen molar-refractivity contribution >= 4 is 22.8 Å². The lowest BCUT2D eigenvalue weighted by molar-refractivity contribution is 0.0693. The molecule has 1 amide bonds. The molecule has 0 spiro atoms. The van der Waals surface area contributed by atoms with Gasteiger partial charge in [0.25, 0.3) is 5.91 Å². The molecular weight excluding hydrogens is 296 g/mol. The predicted octanol–water partition coefficient (Wildman–Crippen LogP) is 2.97. The summed E-state index contributed by atoms with van der Waals surface area (Å²) in [6.07, 6.45) is 1.83. The Morgan fingerprint density at radius 3 is 2.78 bits per heavy atom. The molecule has 0 saturated heterocycles. The highest BCUT2D eigenvalue weighted by molar-refractivity contribution is 5.96. The summed E-state index contributed by atoms with van der Waals surface area (Å²) in [6, 6.07) is 8.97. The Labute approximate surface area is 132 Å². The second-order valence-electron chi connectivity index (χ2n) is 5.28. The summed E-state index contributed by atoms with van der Waals surface area (Å²) in [7, 11) is 1.47. The highest BCUT2D eigenvalue weighted by atomic mass is 16.4. The largest absolute Gasteiger partial charge is 0.478 e. The van der Waals surface area contributed by atoms with Crippen LogP contribution in [0, 0.1) is 0 Å². The van der Waals surface area contributed by atoms with Crippen LogP contribution in [0.4, 0.5) is 0 Å². The van der Waals surface area contributed by atoms with Gasteiger partial charge in [-0.15, -0.1) is 0 Å². The van der Waals surface area contributed by atoms with Crippen LogP contribution in [0.15, 0.2) is 40.9 Å². The summed E-state index contributed by atoms with van der Waals surface area (Å²) in [6.45, 7) is 1.86. The van der Waals surface area contributed by atoms with E-state index >= 15 is 0 Å². The monoisotopic (exact) mass is 312 g/mol. The Morgan fingerprint density at radius 2 is 2.09 bits per heavy atom. The number of fused-ring (bicyclic) bond motifs is 1. The zero-order valence-corrected chi connectivity index (χ0v) is 12.7. The van der Waals surface area contributed by atoms with E-state index in [4.69, 9.17) is 4.42 Å². The molecule has 2 heterocycles. The lowest BCUT2D eigenvalue weighted by atomic mass is 9.93. The Morgan fingerprint density at radius 1 is 1.30 bits per heavy atom. The molecule has 3 aromatic rings. The molecule has 23 heavy (non-hydrogen) atoms. The molecule has 6 heteroatoms. The minimum Gasteiger partial charge on any atom is -0.478 e. The maximum Gasteiger partial charge on any atom is 0.339 e. The van der Waals surface area contributed by atoms with Crippen LogP contribution >= 0.6 is 0 Å². The number of hydrogen-bond donors (Lipinski definition) is 3. The van der Waals surface area contributed by atoms with Crippen LogP contribution in [-0.4, -0.2) is 29.0 Å². The number of carbonyl (C=O) groups excluding carboxylic acids is 1. The van der Waals surface area contributed by atoms with Gasteiger partial charge in [0.15, 0.2) is 5.76 Å². The Kier molecular flexibility index (Phi) is 3.65. The van der Waals surface area contributed by atoms with Crippen LogP contribution in [0.2, 0.25) is 0 Å². The molecule has 3 N–H and O–H groups in total. The number of benzene rings is 1. The van der Waals surface area contributed by atoms with Gasteiger partial charge in [-0.25, -0.2) is 4.79 Å². The molecule has 1 aromatic carbocycles. The van der Waals surface area contributed by atoms with Gasteiger partial charge in [-0.2, -0.15) is 0 Å². The van der Waals surface area contributed by atoms with Crippen molar-refractivity contribution in [3.05, 3.63) is 59.2 Å². The van der Waals surface area contributed by atoms with Crippen molar-refractivity contribution in [2.75, 3.05) is 7.05 Å². The van der Waals surface area contributed by atoms with Gasteiger partial charge in [-0.05, 0) is 17.7 Å². The van der Waals surface area contributed by atoms with Crippen molar-refractivity contribution in [2.45, 2.75) is 12.8 Å². The van der Waals surface area contributed by atoms with E-state index in [-0.39, 0.29) is 23.0 Å². The van der Waals surface area contributed by atoms with E-state index in [1.807, 2.05) is 37.4 Å². The number of carboxylic acid groups (broad SMARTS) is 1. The fourth-order valence-corrected chi connectivity index (χ4v) is 2.76. The van der Waals surface area contributed by atoms with Crippen LogP contribution in [0.1, 0.15) is 45.1 Å². The van der Waals surface area contributed by atoms with Crippen molar-refractivity contribution in [1.29, 1.82) is 0 Å². The number of carbonyl (C=O) groups is 2.